The van der Waals surface area contributed by atoms with E-state index in [9.17, 15) is 9.59 Å². The lowest BCUT2D eigenvalue weighted by Crippen LogP contribution is -2.36. The molecular weight excluding hydrogens is 470 g/mol. The maximum atomic E-state index is 13.9. The molecule has 5 rings (SSSR count). The first kappa shape index (κ1) is 21.9. The van der Waals surface area contributed by atoms with Crippen molar-refractivity contribution in [2.75, 3.05) is 18.5 Å². The predicted octanol–water partition coefficient (Wildman–Crippen LogP) is 3.47. The van der Waals surface area contributed by atoms with Gasteiger partial charge in [-0.25, -0.2) is 0 Å². The second-order valence-electron chi connectivity index (χ2n) is 7.80. The van der Waals surface area contributed by atoms with Gasteiger partial charge in [0.15, 0.2) is 0 Å². The Labute approximate surface area is 205 Å². The van der Waals surface area contributed by atoms with Gasteiger partial charge in [-0.1, -0.05) is 59.9 Å². The van der Waals surface area contributed by atoms with E-state index in [1.165, 1.54) is 33.6 Å². The number of thiazole rings is 1. The van der Waals surface area contributed by atoms with Crippen LogP contribution in [-0.2, 0) is 4.79 Å². The average molecular weight is 492 g/mol. The van der Waals surface area contributed by atoms with Gasteiger partial charge in [0.05, 0.1) is 11.4 Å². The molecule has 0 radical (unpaired) electrons. The summed E-state index contributed by atoms with van der Waals surface area (Å²) in [6.45, 7) is 4.86. The second kappa shape index (κ2) is 8.44. The summed E-state index contributed by atoms with van der Waals surface area (Å²) in [7, 11) is 1.67. The van der Waals surface area contributed by atoms with Gasteiger partial charge in [0, 0.05) is 19.3 Å². The number of thiocarbonyl (C=S) groups is 1. The molecule has 5 nitrogen and oxygen atoms in total. The zero-order valence-electron chi connectivity index (χ0n) is 18.4. The fourth-order valence-electron chi connectivity index (χ4n) is 4.05. The molecule has 1 fully saturated rings. The summed E-state index contributed by atoms with van der Waals surface area (Å²) in [5.74, 6) is -0.181. The molecular formula is C25H21N3O2S3. The van der Waals surface area contributed by atoms with E-state index >= 15 is 0 Å². The van der Waals surface area contributed by atoms with Crippen molar-refractivity contribution in [1.82, 2.24) is 9.47 Å². The van der Waals surface area contributed by atoms with Crippen LogP contribution in [0, 0.1) is 6.92 Å². The highest BCUT2D eigenvalue weighted by atomic mass is 32.2. The maximum Gasteiger partial charge on any atom is 0.275 e. The molecule has 0 unspecified atom stereocenters. The Morgan fingerprint density at radius 1 is 1.03 bits per heavy atom. The number of aromatic nitrogens is 1. The van der Waals surface area contributed by atoms with E-state index in [4.69, 9.17) is 12.2 Å². The minimum Gasteiger partial charge on any atom is -0.340 e. The number of hydrogen-bond donors (Lipinski definition) is 0. The Balaban J connectivity index is 1.87. The Hall–Kier alpha value is -2.94. The smallest absolute Gasteiger partial charge is 0.275 e. The summed E-state index contributed by atoms with van der Waals surface area (Å²) in [6, 6.07) is 15.8. The van der Waals surface area contributed by atoms with Crippen molar-refractivity contribution >= 4 is 67.9 Å². The molecule has 166 valence electrons. The van der Waals surface area contributed by atoms with E-state index in [1.807, 2.05) is 36.4 Å². The highest BCUT2D eigenvalue weighted by Gasteiger charge is 2.32. The summed E-state index contributed by atoms with van der Waals surface area (Å²) in [5.41, 5.74) is 4.81. The number of carbonyl (C=O) groups is 1. The second-order valence-corrected chi connectivity index (χ2v) is 10.4. The van der Waals surface area contributed by atoms with E-state index in [1.54, 1.807) is 11.6 Å². The summed E-state index contributed by atoms with van der Waals surface area (Å²) in [4.78, 5) is 30.9. The highest BCUT2D eigenvalue weighted by Crippen LogP contribution is 2.32. The summed E-state index contributed by atoms with van der Waals surface area (Å²) in [6.07, 6.45) is 4.06. The van der Waals surface area contributed by atoms with Gasteiger partial charge in [-0.05, 0) is 49.8 Å². The molecule has 1 saturated heterocycles. The van der Waals surface area contributed by atoms with Gasteiger partial charge in [0.1, 0.15) is 18.4 Å². The van der Waals surface area contributed by atoms with Crippen molar-refractivity contribution in [3.05, 3.63) is 85.3 Å². The van der Waals surface area contributed by atoms with Crippen LogP contribution < -0.4 is 19.7 Å². The Kier molecular flexibility index (Phi) is 5.60. The van der Waals surface area contributed by atoms with Crippen molar-refractivity contribution in [2.45, 2.75) is 13.8 Å². The first-order chi connectivity index (χ1) is 15.9. The number of likely N-dealkylation sites (N-methyl/N-ethyl adjacent to an activating group) is 1. The van der Waals surface area contributed by atoms with E-state index < -0.39 is 0 Å². The summed E-state index contributed by atoms with van der Waals surface area (Å²) in [5, 5.41) is 0. The summed E-state index contributed by atoms with van der Waals surface area (Å²) >= 11 is 7.94. The maximum absolute atomic E-state index is 13.9. The first-order valence-electron chi connectivity index (χ1n) is 10.5. The number of fused-ring (bicyclic) bond motifs is 1. The van der Waals surface area contributed by atoms with E-state index in [2.05, 4.69) is 43.0 Å². The Bertz CT molecular complexity index is 1520. The van der Waals surface area contributed by atoms with Crippen LogP contribution >= 0.6 is 35.3 Å². The number of benzene rings is 2. The third-order valence-corrected chi connectivity index (χ3v) is 8.55. The molecule has 1 amide bonds. The standard InChI is InChI=1S/C25H21N3O2S3/c1-4-27-18-12-10-15(2)14-16(18)11-13-19(27)20-23(30)28(17-8-6-5-7-9-17)24(32-20)21-22(29)26(3)25(31)33-21/h5-14H,4H2,1-3H3. The fourth-order valence-corrected chi connectivity index (χ4v) is 6.55. The van der Waals surface area contributed by atoms with Gasteiger partial charge in [-0.2, -0.15) is 0 Å². The van der Waals surface area contributed by atoms with E-state index in [0.29, 0.717) is 25.0 Å². The molecule has 0 bridgehead atoms. The fraction of sp³-hybridized carbons (Fsp3) is 0.160. The van der Waals surface area contributed by atoms with Crippen LogP contribution in [0.25, 0.3) is 22.4 Å². The van der Waals surface area contributed by atoms with E-state index in [-0.39, 0.29) is 11.5 Å². The van der Waals surface area contributed by atoms with Gasteiger partial charge in [0.25, 0.3) is 11.5 Å². The van der Waals surface area contributed by atoms with Crippen molar-refractivity contribution in [2.24, 2.45) is 0 Å². The monoisotopic (exact) mass is 491 g/mol. The number of hydrogen-bond acceptors (Lipinski definition) is 6. The minimum atomic E-state index is -0.181. The molecule has 2 aliphatic rings. The Morgan fingerprint density at radius 3 is 2.45 bits per heavy atom. The molecule has 1 aromatic heterocycles. The SMILES string of the molecule is CCN1C(=c2sc(=C3SC(=S)N(C)C3=O)n(-c3ccccc3)c2=O)C=Cc2cc(C)ccc21. The molecule has 0 saturated carbocycles. The van der Waals surface area contributed by atoms with Gasteiger partial charge in [-0.3, -0.25) is 19.1 Å². The topological polar surface area (TPSA) is 45.5 Å². The molecule has 0 aliphatic carbocycles. The molecule has 2 aliphatic heterocycles. The number of thioether (sulfide) groups is 1. The highest BCUT2D eigenvalue weighted by molar-refractivity contribution is 8.30. The third kappa shape index (κ3) is 3.58. The lowest BCUT2D eigenvalue weighted by Gasteiger charge is -2.29. The molecule has 8 heteroatoms. The molecule has 2 aromatic carbocycles. The number of anilines is 1. The van der Waals surface area contributed by atoms with Crippen molar-refractivity contribution in [3.8, 4) is 5.69 Å². The molecule has 0 atom stereocenters. The van der Waals surface area contributed by atoms with Gasteiger partial charge >= 0.3 is 0 Å². The van der Waals surface area contributed by atoms with Crippen LogP contribution in [0.3, 0.4) is 0 Å². The number of amides is 1. The van der Waals surface area contributed by atoms with Crippen LogP contribution in [0.2, 0.25) is 0 Å². The van der Waals surface area contributed by atoms with Crippen LogP contribution in [0.5, 0.6) is 0 Å². The van der Waals surface area contributed by atoms with Crippen molar-refractivity contribution < 1.29 is 4.79 Å². The van der Waals surface area contributed by atoms with Crippen LogP contribution in [-0.4, -0.2) is 33.3 Å². The van der Waals surface area contributed by atoms with Crippen molar-refractivity contribution in [3.63, 3.8) is 0 Å². The number of rotatable bonds is 2. The van der Waals surface area contributed by atoms with Gasteiger partial charge in [-0.15, -0.1) is 11.3 Å². The molecule has 33 heavy (non-hydrogen) atoms. The number of nitrogens with zero attached hydrogens (tertiary/aromatic N) is 3. The quantitative estimate of drug-likeness (QED) is 0.514. The van der Waals surface area contributed by atoms with Crippen LogP contribution in [0.15, 0.2) is 59.4 Å². The normalized spacial score (nSPS) is 18.9. The molecule has 0 spiro atoms. The molecule has 3 aromatic rings. The minimum absolute atomic E-state index is 0.142. The predicted molar refractivity (Wildman–Crippen MR) is 142 cm³/mol. The average Bonchev–Trinajstić information content (AvgIpc) is 3.29. The van der Waals surface area contributed by atoms with E-state index in [0.717, 1.165) is 22.6 Å². The first-order valence-corrected chi connectivity index (χ1v) is 12.6. The molecule has 0 N–H and O–H groups in total. The van der Waals surface area contributed by atoms with Crippen LogP contribution in [0.4, 0.5) is 5.69 Å². The lowest BCUT2D eigenvalue weighted by atomic mass is 10.0. The number of aryl methyl sites for hydroxylation is 1. The van der Waals surface area contributed by atoms with Gasteiger partial charge in [0.2, 0.25) is 0 Å². The Morgan fingerprint density at radius 2 is 1.79 bits per heavy atom. The third-order valence-electron chi connectivity index (χ3n) is 5.70. The van der Waals surface area contributed by atoms with Crippen LogP contribution in [0.1, 0.15) is 18.1 Å². The van der Waals surface area contributed by atoms with Gasteiger partial charge < -0.3 is 4.90 Å². The molecule has 3 heterocycles. The van der Waals surface area contributed by atoms with Crippen molar-refractivity contribution in [1.29, 1.82) is 0 Å². The lowest BCUT2D eigenvalue weighted by molar-refractivity contribution is -0.119. The zero-order valence-corrected chi connectivity index (χ0v) is 20.8. The largest absolute Gasteiger partial charge is 0.340 e. The number of carbonyl (C=O) groups excluding carboxylic acids is 1. The number of para-hydroxylation sites is 1. The summed E-state index contributed by atoms with van der Waals surface area (Å²) < 4.78 is 3.33. The zero-order chi connectivity index (χ0) is 23.3.